The molecule has 1 aromatic carbocycles. The van der Waals surface area contributed by atoms with Gasteiger partial charge in [0, 0.05) is 29.7 Å². The van der Waals surface area contributed by atoms with Crippen molar-refractivity contribution in [2.45, 2.75) is 53.0 Å². The summed E-state index contributed by atoms with van der Waals surface area (Å²) in [6, 6.07) is 4.05. The summed E-state index contributed by atoms with van der Waals surface area (Å²) in [4.78, 5) is 13.5. The van der Waals surface area contributed by atoms with E-state index in [2.05, 4.69) is 41.8 Å². The van der Waals surface area contributed by atoms with Crippen molar-refractivity contribution < 1.29 is 4.74 Å². The average molecular weight is 469 g/mol. The molecule has 9 heteroatoms. The van der Waals surface area contributed by atoms with Crippen molar-refractivity contribution in [3.05, 3.63) is 69.0 Å². The Kier molecular flexibility index (Phi) is 7.20. The summed E-state index contributed by atoms with van der Waals surface area (Å²) in [5.41, 5.74) is 10.5. The maximum Gasteiger partial charge on any atom is 0.290 e. The second-order valence-corrected chi connectivity index (χ2v) is 9.84. The molecule has 0 unspecified atom stereocenters. The number of nitrogens with zero attached hydrogens (tertiary/aromatic N) is 4. The van der Waals surface area contributed by atoms with Crippen LogP contribution in [0.15, 0.2) is 41.1 Å². The molecule has 3 aromatic rings. The second-order valence-electron chi connectivity index (χ2n) is 8.60. The van der Waals surface area contributed by atoms with Crippen LogP contribution in [-0.4, -0.2) is 25.5 Å². The summed E-state index contributed by atoms with van der Waals surface area (Å²) in [7, 11) is 0. The lowest BCUT2D eigenvalue weighted by Gasteiger charge is -2.16. The van der Waals surface area contributed by atoms with Gasteiger partial charge in [0.1, 0.15) is 11.4 Å². The number of aliphatic imine (C=N–C) groups is 1. The normalized spacial score (nSPS) is 12.1. The molecule has 168 valence electrons. The molecule has 0 saturated heterocycles. The van der Waals surface area contributed by atoms with E-state index in [4.69, 9.17) is 28.1 Å². The fraction of sp³-hybridized carbons (Fsp3) is 0.348. The van der Waals surface area contributed by atoms with Crippen molar-refractivity contribution in [2.24, 2.45) is 10.7 Å². The summed E-state index contributed by atoms with van der Waals surface area (Å²) in [6.45, 7) is 11.0. The molecule has 0 spiro atoms. The maximum atomic E-state index is 7.90. The van der Waals surface area contributed by atoms with Crippen LogP contribution in [0.3, 0.4) is 0 Å². The molecular weight excluding hydrogens is 440 g/mol. The number of rotatable bonds is 5. The highest BCUT2D eigenvalue weighted by Crippen LogP contribution is 2.24. The van der Waals surface area contributed by atoms with E-state index in [1.807, 2.05) is 36.1 Å². The lowest BCUT2D eigenvalue weighted by molar-refractivity contribution is 0.551. The Morgan fingerprint density at radius 2 is 1.97 bits per heavy atom. The van der Waals surface area contributed by atoms with E-state index >= 15 is 0 Å². The Morgan fingerprint density at radius 3 is 2.56 bits per heavy atom. The molecule has 32 heavy (non-hydrogen) atoms. The van der Waals surface area contributed by atoms with E-state index in [9.17, 15) is 0 Å². The Bertz CT molecular complexity index is 1200. The fourth-order valence-corrected chi connectivity index (χ4v) is 3.88. The van der Waals surface area contributed by atoms with Gasteiger partial charge in [-0.3, -0.25) is 10.4 Å². The van der Waals surface area contributed by atoms with Crippen LogP contribution in [0.4, 0.5) is 0 Å². The Labute approximate surface area is 197 Å². The molecule has 0 aliphatic heterocycles. The van der Waals surface area contributed by atoms with Crippen LogP contribution in [0.2, 0.25) is 0 Å². The van der Waals surface area contributed by atoms with Gasteiger partial charge in [-0.1, -0.05) is 26.8 Å². The molecule has 0 aliphatic rings. The lowest BCUT2D eigenvalue weighted by atomic mass is 9.93. The summed E-state index contributed by atoms with van der Waals surface area (Å²) < 4.78 is 7.74. The highest BCUT2D eigenvalue weighted by atomic mass is 32.1. The predicted molar refractivity (Wildman–Crippen MR) is 132 cm³/mol. The molecule has 0 saturated carbocycles. The third kappa shape index (κ3) is 5.86. The molecule has 0 aliphatic carbocycles. The largest absolute Gasteiger partial charge is 0.430 e. The van der Waals surface area contributed by atoms with E-state index in [0.717, 1.165) is 29.8 Å². The summed E-state index contributed by atoms with van der Waals surface area (Å²) >= 11 is 6.72. The number of aromatic nitrogens is 3. The first kappa shape index (κ1) is 23.7. The zero-order chi connectivity index (χ0) is 23.5. The van der Waals surface area contributed by atoms with E-state index in [0.29, 0.717) is 16.2 Å². The second kappa shape index (κ2) is 9.70. The van der Waals surface area contributed by atoms with Crippen LogP contribution < -0.4 is 15.3 Å². The van der Waals surface area contributed by atoms with Gasteiger partial charge in [0.25, 0.3) is 5.17 Å². The number of aryl methyl sites for hydroxylation is 4. The van der Waals surface area contributed by atoms with Gasteiger partial charge in [-0.25, -0.2) is 4.98 Å². The van der Waals surface area contributed by atoms with Gasteiger partial charge >= 0.3 is 0 Å². The molecular formula is C23H28N6OS2. The molecule has 0 atom stereocenters. The summed E-state index contributed by atoms with van der Waals surface area (Å²) in [5, 5.41) is 9.84. The lowest BCUT2D eigenvalue weighted by Crippen LogP contribution is -2.21. The number of thiocarbonyl (C=S) groups is 1. The molecule has 0 bridgehead atoms. The van der Waals surface area contributed by atoms with E-state index in [-0.39, 0.29) is 16.4 Å². The Morgan fingerprint density at radius 1 is 1.22 bits per heavy atom. The van der Waals surface area contributed by atoms with Crippen molar-refractivity contribution in [1.82, 2.24) is 14.5 Å². The molecule has 3 N–H and O–H groups in total. The minimum atomic E-state index is -0.0940. The van der Waals surface area contributed by atoms with Crippen LogP contribution in [-0.2, 0) is 18.4 Å². The first-order valence-electron chi connectivity index (χ1n) is 10.2. The van der Waals surface area contributed by atoms with Crippen molar-refractivity contribution in [1.29, 1.82) is 5.41 Å². The summed E-state index contributed by atoms with van der Waals surface area (Å²) in [5.74, 6) is 0.805. The van der Waals surface area contributed by atoms with Gasteiger partial charge < -0.3 is 15.0 Å². The molecule has 2 heterocycles. The van der Waals surface area contributed by atoms with Crippen LogP contribution in [0.1, 0.15) is 48.8 Å². The molecule has 0 fully saturated rings. The molecule has 7 nitrogen and oxygen atoms in total. The number of amidine groups is 1. The van der Waals surface area contributed by atoms with Crippen molar-refractivity contribution in [2.75, 3.05) is 0 Å². The van der Waals surface area contributed by atoms with Gasteiger partial charge in [-0.15, -0.1) is 11.3 Å². The third-order valence-electron chi connectivity index (χ3n) is 5.03. The predicted octanol–water partition coefficient (Wildman–Crippen LogP) is 4.05. The number of hydrogen-bond acceptors (Lipinski definition) is 6. The van der Waals surface area contributed by atoms with Crippen LogP contribution >= 0.6 is 23.6 Å². The molecule has 0 amide bonds. The number of nitrogens with one attached hydrogen (secondary N) is 1. The summed E-state index contributed by atoms with van der Waals surface area (Å²) in [6.07, 6.45) is 6.07. The maximum absolute atomic E-state index is 7.90. The van der Waals surface area contributed by atoms with Gasteiger partial charge in [0.2, 0.25) is 0 Å². The number of hydrogen-bond donors (Lipinski definition) is 2. The zero-order valence-electron chi connectivity index (χ0n) is 19.0. The van der Waals surface area contributed by atoms with E-state index in [1.165, 1.54) is 16.9 Å². The molecule has 0 radical (unpaired) electrons. The monoisotopic (exact) mass is 468 g/mol. The average Bonchev–Trinajstić information content (AvgIpc) is 3.13. The van der Waals surface area contributed by atoms with Crippen LogP contribution in [0, 0.1) is 19.3 Å². The number of nitrogens with two attached hydrogens (primary N) is 1. The number of thiazole rings is 1. The van der Waals surface area contributed by atoms with Crippen LogP contribution in [0.25, 0.3) is 0 Å². The van der Waals surface area contributed by atoms with Crippen molar-refractivity contribution in [3.63, 3.8) is 0 Å². The number of ether oxygens (including phenoxy) is 1. The number of benzene rings is 1. The first-order chi connectivity index (χ1) is 15.0. The standard InChI is InChI=1S/C23H28N6OS2/c1-14-11-18(15(2)10-16(14)6-7-29-8-9-32-21(29)25)30-22(31)28-20(24)17-12-27-19(13-26-17)23(3,4)5/h8-13,25H,6-7H2,1-5H3,(H2,24,28,31). The van der Waals surface area contributed by atoms with Crippen molar-refractivity contribution in [3.8, 4) is 5.75 Å². The van der Waals surface area contributed by atoms with Gasteiger partial charge in [-0.2, -0.15) is 4.99 Å². The first-order valence-corrected chi connectivity index (χ1v) is 11.5. The fourth-order valence-electron chi connectivity index (χ4n) is 3.07. The van der Waals surface area contributed by atoms with E-state index < -0.39 is 0 Å². The molecule has 3 rings (SSSR count). The Hall–Kier alpha value is -2.91. The van der Waals surface area contributed by atoms with E-state index in [1.54, 1.807) is 12.4 Å². The van der Waals surface area contributed by atoms with Crippen LogP contribution in [0.5, 0.6) is 5.75 Å². The van der Waals surface area contributed by atoms with Gasteiger partial charge in [0.05, 0.1) is 11.9 Å². The highest BCUT2D eigenvalue weighted by molar-refractivity contribution is 7.80. The minimum Gasteiger partial charge on any atom is -0.430 e. The SMILES string of the molecule is Cc1cc(OC(=S)N=C(N)c2cnc(C(C)(C)C)cn2)c(C)cc1CCn1ccsc1=N. The van der Waals surface area contributed by atoms with Gasteiger partial charge in [0.15, 0.2) is 10.6 Å². The minimum absolute atomic E-state index is 0.0205. The third-order valence-corrected chi connectivity index (χ3v) is 5.92. The smallest absolute Gasteiger partial charge is 0.290 e. The van der Waals surface area contributed by atoms with Crippen molar-refractivity contribution >= 4 is 34.6 Å². The topological polar surface area (TPSA) is 102 Å². The zero-order valence-corrected chi connectivity index (χ0v) is 20.6. The highest BCUT2D eigenvalue weighted by Gasteiger charge is 2.16. The Balaban J connectivity index is 1.69. The molecule has 2 aromatic heterocycles. The van der Waals surface area contributed by atoms with Gasteiger partial charge in [-0.05, 0) is 55.2 Å². The quantitative estimate of drug-likeness (QED) is 0.334.